The molecule has 0 aromatic carbocycles. The molecule has 58 valence electrons. The Balaban J connectivity index is 2.59. The average molecular weight is 139 g/mol. The highest BCUT2D eigenvalue weighted by Gasteiger charge is 2.15. The van der Waals surface area contributed by atoms with Crippen molar-refractivity contribution in [2.45, 2.75) is 33.2 Å². The summed E-state index contributed by atoms with van der Waals surface area (Å²) in [5.41, 5.74) is 1.54. The van der Waals surface area contributed by atoms with Crippen LogP contribution in [-0.4, -0.2) is 24.0 Å². The van der Waals surface area contributed by atoms with Crippen molar-refractivity contribution < 1.29 is 0 Å². The van der Waals surface area contributed by atoms with Crippen molar-refractivity contribution in [1.82, 2.24) is 4.90 Å². The first-order valence-corrected chi connectivity index (χ1v) is 4.16. The molecule has 0 amide bonds. The molecule has 0 aliphatic carbocycles. The zero-order valence-electron chi connectivity index (χ0n) is 7.22. The Morgan fingerprint density at radius 2 is 2.40 bits per heavy atom. The van der Waals surface area contributed by atoms with Crippen LogP contribution in [-0.2, 0) is 0 Å². The first-order chi connectivity index (χ1) is 4.75. The van der Waals surface area contributed by atoms with Gasteiger partial charge in [0.25, 0.3) is 0 Å². The Kier molecular flexibility index (Phi) is 2.50. The molecule has 10 heavy (non-hydrogen) atoms. The Morgan fingerprint density at radius 1 is 1.70 bits per heavy atom. The summed E-state index contributed by atoms with van der Waals surface area (Å²) in [5.74, 6) is 0. The minimum absolute atomic E-state index is 0.679. The van der Waals surface area contributed by atoms with Gasteiger partial charge in [-0.15, -0.1) is 0 Å². The first-order valence-electron chi connectivity index (χ1n) is 4.16. The minimum Gasteiger partial charge on any atom is -0.297 e. The molecule has 0 unspecified atom stereocenters. The standard InChI is InChI=1S/C9H17N/c1-4-10-7-5-6-8(2)9(10)3/h6,9H,4-5,7H2,1-3H3/t9-/m0/s1. The molecule has 0 N–H and O–H groups in total. The molecule has 0 bridgehead atoms. The van der Waals surface area contributed by atoms with Crippen LogP contribution in [0.2, 0.25) is 0 Å². The molecule has 1 aliphatic rings. The van der Waals surface area contributed by atoms with E-state index >= 15 is 0 Å². The maximum absolute atomic E-state index is 2.51. The molecule has 1 rings (SSSR count). The number of hydrogen-bond acceptors (Lipinski definition) is 1. The predicted octanol–water partition coefficient (Wildman–Crippen LogP) is 2.05. The fraction of sp³-hybridized carbons (Fsp3) is 0.778. The van der Waals surface area contributed by atoms with Gasteiger partial charge >= 0.3 is 0 Å². The molecule has 1 heteroatoms. The Labute approximate surface area is 63.7 Å². The topological polar surface area (TPSA) is 3.24 Å². The summed E-state index contributed by atoms with van der Waals surface area (Å²) in [6.07, 6.45) is 3.60. The molecular weight excluding hydrogens is 122 g/mol. The summed E-state index contributed by atoms with van der Waals surface area (Å²) in [4.78, 5) is 2.51. The number of nitrogens with zero attached hydrogens (tertiary/aromatic N) is 1. The zero-order valence-corrected chi connectivity index (χ0v) is 7.22. The van der Waals surface area contributed by atoms with Gasteiger partial charge in [0.1, 0.15) is 0 Å². The summed E-state index contributed by atoms with van der Waals surface area (Å²) >= 11 is 0. The second-order valence-corrected chi connectivity index (χ2v) is 3.04. The van der Waals surface area contributed by atoms with Gasteiger partial charge in [-0.1, -0.05) is 18.6 Å². The number of likely N-dealkylation sites (N-methyl/N-ethyl adjacent to an activating group) is 1. The summed E-state index contributed by atoms with van der Waals surface area (Å²) in [6.45, 7) is 9.18. The van der Waals surface area contributed by atoms with E-state index < -0.39 is 0 Å². The second kappa shape index (κ2) is 3.20. The third kappa shape index (κ3) is 1.40. The molecule has 1 heterocycles. The Morgan fingerprint density at radius 3 is 2.90 bits per heavy atom. The average Bonchev–Trinajstić information content (AvgIpc) is 1.95. The maximum atomic E-state index is 2.51. The van der Waals surface area contributed by atoms with E-state index in [-0.39, 0.29) is 0 Å². The number of rotatable bonds is 1. The molecule has 1 atom stereocenters. The van der Waals surface area contributed by atoms with Crippen LogP contribution in [0.5, 0.6) is 0 Å². The van der Waals surface area contributed by atoms with Gasteiger partial charge in [-0.3, -0.25) is 4.90 Å². The van der Waals surface area contributed by atoms with Crippen LogP contribution >= 0.6 is 0 Å². The van der Waals surface area contributed by atoms with Gasteiger partial charge in [-0.05, 0) is 26.8 Å². The monoisotopic (exact) mass is 139 g/mol. The molecule has 0 aromatic rings. The van der Waals surface area contributed by atoms with Crippen molar-refractivity contribution in [2.24, 2.45) is 0 Å². The van der Waals surface area contributed by atoms with E-state index in [1.807, 2.05) is 0 Å². The largest absolute Gasteiger partial charge is 0.297 e. The Bertz CT molecular complexity index is 138. The van der Waals surface area contributed by atoms with E-state index in [1.165, 1.54) is 25.1 Å². The van der Waals surface area contributed by atoms with E-state index in [2.05, 4.69) is 31.7 Å². The smallest absolute Gasteiger partial charge is 0.0276 e. The van der Waals surface area contributed by atoms with E-state index in [4.69, 9.17) is 0 Å². The summed E-state index contributed by atoms with van der Waals surface area (Å²) in [5, 5.41) is 0. The fourth-order valence-electron chi connectivity index (χ4n) is 1.54. The molecule has 0 saturated carbocycles. The maximum Gasteiger partial charge on any atom is 0.0276 e. The number of hydrogen-bond donors (Lipinski definition) is 0. The molecule has 1 nitrogen and oxygen atoms in total. The van der Waals surface area contributed by atoms with Crippen LogP contribution in [0.15, 0.2) is 11.6 Å². The van der Waals surface area contributed by atoms with Gasteiger partial charge in [0.2, 0.25) is 0 Å². The Hall–Kier alpha value is -0.300. The van der Waals surface area contributed by atoms with Crippen molar-refractivity contribution in [3.63, 3.8) is 0 Å². The third-order valence-corrected chi connectivity index (χ3v) is 2.50. The third-order valence-electron chi connectivity index (χ3n) is 2.50. The molecule has 0 fully saturated rings. The van der Waals surface area contributed by atoms with Crippen LogP contribution in [0.3, 0.4) is 0 Å². The lowest BCUT2D eigenvalue weighted by molar-refractivity contribution is 0.237. The summed E-state index contributed by atoms with van der Waals surface area (Å²) < 4.78 is 0. The van der Waals surface area contributed by atoms with Crippen LogP contribution in [0.1, 0.15) is 27.2 Å². The molecule has 0 spiro atoms. The second-order valence-electron chi connectivity index (χ2n) is 3.04. The van der Waals surface area contributed by atoms with Crippen molar-refractivity contribution in [2.75, 3.05) is 13.1 Å². The van der Waals surface area contributed by atoms with E-state index in [9.17, 15) is 0 Å². The van der Waals surface area contributed by atoms with Gasteiger partial charge in [0.15, 0.2) is 0 Å². The molecule has 0 aromatic heterocycles. The van der Waals surface area contributed by atoms with Gasteiger partial charge < -0.3 is 0 Å². The lowest BCUT2D eigenvalue weighted by Crippen LogP contribution is -2.36. The summed E-state index contributed by atoms with van der Waals surface area (Å²) in [7, 11) is 0. The minimum atomic E-state index is 0.679. The van der Waals surface area contributed by atoms with Crippen molar-refractivity contribution in [1.29, 1.82) is 0 Å². The van der Waals surface area contributed by atoms with Gasteiger partial charge in [-0.2, -0.15) is 0 Å². The molecular formula is C9H17N. The molecule has 0 radical (unpaired) electrons. The molecule has 1 aliphatic heterocycles. The zero-order chi connectivity index (χ0) is 7.56. The van der Waals surface area contributed by atoms with Crippen LogP contribution < -0.4 is 0 Å². The highest BCUT2D eigenvalue weighted by Crippen LogP contribution is 2.15. The van der Waals surface area contributed by atoms with Gasteiger partial charge in [-0.25, -0.2) is 0 Å². The highest BCUT2D eigenvalue weighted by atomic mass is 15.1. The normalized spacial score (nSPS) is 28.3. The van der Waals surface area contributed by atoms with Gasteiger partial charge in [0.05, 0.1) is 0 Å². The van der Waals surface area contributed by atoms with Crippen LogP contribution in [0.4, 0.5) is 0 Å². The van der Waals surface area contributed by atoms with Crippen molar-refractivity contribution >= 4 is 0 Å². The lowest BCUT2D eigenvalue weighted by Gasteiger charge is -2.31. The lowest BCUT2D eigenvalue weighted by atomic mass is 10.0. The first kappa shape index (κ1) is 7.80. The van der Waals surface area contributed by atoms with Crippen LogP contribution in [0, 0.1) is 0 Å². The fourth-order valence-corrected chi connectivity index (χ4v) is 1.54. The SMILES string of the molecule is CCN1CCC=C(C)[C@@H]1C. The van der Waals surface area contributed by atoms with E-state index in [0.29, 0.717) is 6.04 Å². The van der Waals surface area contributed by atoms with Gasteiger partial charge in [0, 0.05) is 12.6 Å². The van der Waals surface area contributed by atoms with Crippen LogP contribution in [0.25, 0.3) is 0 Å². The highest BCUT2D eigenvalue weighted by molar-refractivity contribution is 5.10. The van der Waals surface area contributed by atoms with E-state index in [0.717, 1.165) is 0 Å². The van der Waals surface area contributed by atoms with Crippen molar-refractivity contribution in [3.8, 4) is 0 Å². The van der Waals surface area contributed by atoms with Crippen molar-refractivity contribution in [3.05, 3.63) is 11.6 Å². The quantitative estimate of drug-likeness (QED) is 0.502. The summed E-state index contributed by atoms with van der Waals surface area (Å²) in [6, 6.07) is 0.679. The predicted molar refractivity (Wildman–Crippen MR) is 45.1 cm³/mol. The molecule has 0 saturated heterocycles. The van der Waals surface area contributed by atoms with E-state index in [1.54, 1.807) is 0 Å².